The molecule has 3 N–H and O–H groups in total. The Labute approximate surface area is 170 Å². The predicted octanol–water partition coefficient (Wildman–Crippen LogP) is 2.41. The van der Waals surface area contributed by atoms with Crippen LogP contribution in [-0.2, 0) is 32.0 Å². The van der Waals surface area contributed by atoms with Gasteiger partial charge in [-0.1, -0.05) is 37.1 Å². The van der Waals surface area contributed by atoms with Crippen molar-refractivity contribution < 1.29 is 29.3 Å². The molecule has 2 aliphatic rings. The highest BCUT2D eigenvalue weighted by Crippen LogP contribution is 2.45. The Morgan fingerprint density at radius 3 is 2.17 bits per heavy atom. The fourth-order valence-corrected chi connectivity index (χ4v) is 4.88. The van der Waals surface area contributed by atoms with Gasteiger partial charge in [0.2, 0.25) is 5.91 Å². The molecule has 0 heterocycles. The molecule has 0 spiro atoms. The fraction of sp³-hybridized carbons (Fsp3) is 0.591. The highest BCUT2D eigenvalue weighted by atomic mass is 16.5. The van der Waals surface area contributed by atoms with Crippen LogP contribution in [0, 0.1) is 11.3 Å². The second-order valence-corrected chi connectivity index (χ2v) is 8.47. The van der Waals surface area contributed by atoms with Crippen molar-refractivity contribution in [1.82, 2.24) is 5.32 Å². The van der Waals surface area contributed by atoms with Crippen LogP contribution in [0.2, 0.25) is 0 Å². The number of carbonyl (C=O) groups excluding carboxylic acids is 1. The zero-order chi connectivity index (χ0) is 21.1. The van der Waals surface area contributed by atoms with Gasteiger partial charge >= 0.3 is 11.9 Å². The van der Waals surface area contributed by atoms with Gasteiger partial charge in [-0.2, -0.15) is 0 Å². The van der Waals surface area contributed by atoms with Gasteiger partial charge in [0.1, 0.15) is 5.54 Å². The molecule has 3 rings (SSSR count). The van der Waals surface area contributed by atoms with E-state index in [2.05, 4.69) is 5.32 Å². The molecular formula is C22H29NO6. The molecule has 29 heavy (non-hydrogen) atoms. The topological polar surface area (TPSA) is 113 Å². The first kappa shape index (κ1) is 21.3. The number of hydrogen-bond acceptors (Lipinski definition) is 4. The molecule has 1 atom stereocenters. The summed E-state index contributed by atoms with van der Waals surface area (Å²) in [5.74, 6) is -3.01. The number of amides is 1. The van der Waals surface area contributed by atoms with Gasteiger partial charge in [0.25, 0.3) is 0 Å². The zero-order valence-electron chi connectivity index (χ0n) is 16.8. The average Bonchev–Trinajstić information content (AvgIpc) is 3.30. The van der Waals surface area contributed by atoms with Crippen molar-refractivity contribution in [1.29, 1.82) is 0 Å². The maximum absolute atomic E-state index is 13.4. The van der Waals surface area contributed by atoms with Crippen LogP contribution in [0.5, 0.6) is 0 Å². The molecule has 1 unspecified atom stereocenters. The summed E-state index contributed by atoms with van der Waals surface area (Å²) >= 11 is 0. The van der Waals surface area contributed by atoms with Crippen molar-refractivity contribution in [3.63, 3.8) is 0 Å². The van der Waals surface area contributed by atoms with Gasteiger partial charge in [0.05, 0.1) is 11.3 Å². The molecular weight excluding hydrogens is 374 g/mol. The van der Waals surface area contributed by atoms with Crippen LogP contribution < -0.4 is 5.32 Å². The quantitative estimate of drug-likeness (QED) is 0.584. The Hall–Kier alpha value is -2.41. The molecule has 7 nitrogen and oxygen atoms in total. The van der Waals surface area contributed by atoms with E-state index in [0.29, 0.717) is 25.9 Å². The third kappa shape index (κ3) is 4.29. The van der Waals surface area contributed by atoms with Crippen molar-refractivity contribution in [2.75, 3.05) is 13.7 Å². The van der Waals surface area contributed by atoms with Gasteiger partial charge in [-0.05, 0) is 36.8 Å². The van der Waals surface area contributed by atoms with Gasteiger partial charge in [-0.25, -0.2) is 4.79 Å². The fourth-order valence-electron chi connectivity index (χ4n) is 4.88. The van der Waals surface area contributed by atoms with E-state index in [1.807, 2.05) is 24.3 Å². The van der Waals surface area contributed by atoms with Crippen LogP contribution in [-0.4, -0.2) is 47.3 Å². The van der Waals surface area contributed by atoms with E-state index in [1.54, 1.807) is 0 Å². The summed E-state index contributed by atoms with van der Waals surface area (Å²) in [6.45, 7) is 0.309. The Balaban J connectivity index is 1.82. The smallest absolute Gasteiger partial charge is 0.330 e. The predicted molar refractivity (Wildman–Crippen MR) is 105 cm³/mol. The van der Waals surface area contributed by atoms with Crippen molar-refractivity contribution >= 4 is 17.8 Å². The van der Waals surface area contributed by atoms with Gasteiger partial charge in [0.15, 0.2) is 0 Å². The summed E-state index contributed by atoms with van der Waals surface area (Å²) in [6.07, 6.45) is 3.86. The molecule has 0 radical (unpaired) electrons. The molecule has 1 saturated carbocycles. The van der Waals surface area contributed by atoms with Crippen LogP contribution >= 0.6 is 0 Å². The summed E-state index contributed by atoms with van der Waals surface area (Å²) < 4.78 is 5.03. The standard InChI is InChI=1S/C22H29NO6/c1-29-11-8-17(18(24)25)12-21(9-4-5-10-21)19(26)23-22(20(27)28)13-15-6-2-3-7-16(15)14-22/h2-3,6-7,17H,4-5,8-14H2,1H3,(H,23,26)(H,24,25)(H,27,28). The third-order valence-corrected chi connectivity index (χ3v) is 6.56. The minimum Gasteiger partial charge on any atom is -0.481 e. The van der Waals surface area contributed by atoms with Crippen molar-refractivity contribution in [3.8, 4) is 0 Å². The lowest BCUT2D eigenvalue weighted by Crippen LogP contribution is -2.59. The Morgan fingerprint density at radius 1 is 1.10 bits per heavy atom. The van der Waals surface area contributed by atoms with E-state index >= 15 is 0 Å². The van der Waals surface area contributed by atoms with Crippen molar-refractivity contribution in [2.24, 2.45) is 11.3 Å². The monoisotopic (exact) mass is 403 g/mol. The maximum atomic E-state index is 13.4. The molecule has 0 aromatic heterocycles. The number of benzene rings is 1. The molecule has 1 amide bonds. The molecule has 7 heteroatoms. The first-order valence-electron chi connectivity index (χ1n) is 10.2. The molecule has 0 aliphatic heterocycles. The largest absolute Gasteiger partial charge is 0.481 e. The van der Waals surface area contributed by atoms with Gasteiger partial charge < -0.3 is 20.3 Å². The van der Waals surface area contributed by atoms with E-state index in [-0.39, 0.29) is 25.2 Å². The number of aliphatic carboxylic acids is 2. The molecule has 1 aromatic carbocycles. The van der Waals surface area contributed by atoms with Crippen LogP contribution in [0.15, 0.2) is 24.3 Å². The molecule has 1 fully saturated rings. The lowest BCUT2D eigenvalue weighted by molar-refractivity contribution is -0.151. The second-order valence-electron chi connectivity index (χ2n) is 8.47. The third-order valence-electron chi connectivity index (χ3n) is 6.56. The Bertz CT molecular complexity index is 758. The number of carbonyl (C=O) groups is 3. The van der Waals surface area contributed by atoms with Crippen molar-refractivity contribution in [2.45, 2.75) is 56.9 Å². The van der Waals surface area contributed by atoms with E-state index in [9.17, 15) is 24.6 Å². The lowest BCUT2D eigenvalue weighted by Gasteiger charge is -2.35. The maximum Gasteiger partial charge on any atom is 0.330 e. The van der Waals surface area contributed by atoms with Gasteiger partial charge in [-0.15, -0.1) is 0 Å². The number of methoxy groups -OCH3 is 1. The first-order valence-corrected chi connectivity index (χ1v) is 10.2. The molecule has 2 aliphatic carbocycles. The molecule has 0 bridgehead atoms. The van der Waals surface area contributed by atoms with E-state index in [0.717, 1.165) is 24.0 Å². The van der Waals surface area contributed by atoms with Crippen LogP contribution in [0.25, 0.3) is 0 Å². The molecule has 1 aromatic rings. The Morgan fingerprint density at radius 2 is 1.69 bits per heavy atom. The second kappa shape index (κ2) is 8.53. The van der Waals surface area contributed by atoms with Crippen LogP contribution in [0.4, 0.5) is 0 Å². The zero-order valence-corrected chi connectivity index (χ0v) is 16.8. The number of carboxylic acids is 2. The lowest BCUT2D eigenvalue weighted by atomic mass is 9.75. The minimum absolute atomic E-state index is 0.209. The van der Waals surface area contributed by atoms with Crippen LogP contribution in [0.1, 0.15) is 49.7 Å². The van der Waals surface area contributed by atoms with E-state index in [4.69, 9.17) is 4.74 Å². The SMILES string of the molecule is COCCC(CC1(C(=O)NC2(C(=O)O)Cc3ccccc3C2)CCCC1)C(=O)O. The Kier molecular flexibility index (Phi) is 6.27. The van der Waals surface area contributed by atoms with Crippen LogP contribution in [0.3, 0.4) is 0 Å². The number of ether oxygens (including phenoxy) is 1. The van der Waals surface area contributed by atoms with E-state index in [1.165, 1.54) is 7.11 Å². The number of fused-ring (bicyclic) bond motifs is 1. The first-order chi connectivity index (χ1) is 13.8. The highest BCUT2D eigenvalue weighted by molar-refractivity contribution is 5.91. The molecule has 0 saturated heterocycles. The average molecular weight is 403 g/mol. The summed E-state index contributed by atoms with van der Waals surface area (Å²) in [7, 11) is 1.52. The summed E-state index contributed by atoms with van der Waals surface area (Å²) in [6, 6.07) is 7.51. The number of rotatable bonds is 9. The molecule has 158 valence electrons. The highest BCUT2D eigenvalue weighted by Gasteiger charge is 2.51. The summed E-state index contributed by atoms with van der Waals surface area (Å²) in [4.78, 5) is 37.4. The number of hydrogen-bond donors (Lipinski definition) is 3. The normalized spacial score (nSPS) is 20.0. The van der Waals surface area contributed by atoms with Gasteiger partial charge in [0, 0.05) is 26.6 Å². The summed E-state index contributed by atoms with van der Waals surface area (Å²) in [5, 5.41) is 22.4. The van der Waals surface area contributed by atoms with Crippen molar-refractivity contribution in [3.05, 3.63) is 35.4 Å². The number of carboxylic acid groups (broad SMARTS) is 2. The minimum atomic E-state index is -1.37. The number of nitrogens with one attached hydrogen (secondary N) is 1. The van der Waals surface area contributed by atoms with E-state index < -0.39 is 28.8 Å². The van der Waals surface area contributed by atoms with Gasteiger partial charge in [-0.3, -0.25) is 9.59 Å². The summed E-state index contributed by atoms with van der Waals surface area (Å²) in [5.41, 5.74) is -0.353.